The number of fused-ring (bicyclic) bond motifs is 1. The normalized spacial score (nSPS) is 13.5. The second kappa shape index (κ2) is 15.5. The van der Waals surface area contributed by atoms with Crippen molar-refractivity contribution in [2.45, 2.75) is 74.0 Å². The van der Waals surface area contributed by atoms with Crippen LogP contribution in [0.4, 0.5) is 4.79 Å². The Labute approximate surface area is 204 Å². The number of ether oxygens (including phenoxy) is 1. The molecule has 0 aromatic carbocycles. The Morgan fingerprint density at radius 3 is 2.24 bits per heavy atom. The molecule has 2 aromatic rings. The molecule has 0 spiro atoms. The Kier molecular flexibility index (Phi) is 14.4. The number of nitrogens with zero attached hydrogens (tertiary/aromatic N) is 4. The monoisotopic (exact) mass is 479 g/mol. The molecule has 1 amide bonds. The molecule has 0 bridgehead atoms. The largest absolute Gasteiger partial charge is 0.444 e. The number of amides is 1. The SMILES string of the molecule is C=C(N)Cc1csc2nc(CN3CCN(C(=O)OC(C)(C)C)CC3)cn12.C=CC.CC.CC. The van der Waals surface area contributed by atoms with Gasteiger partial charge in [-0.15, -0.1) is 17.9 Å². The Hall–Kier alpha value is -2.32. The number of nitrogens with two attached hydrogens (primary N) is 1. The molecule has 1 aliphatic rings. The molecule has 33 heavy (non-hydrogen) atoms. The first-order chi connectivity index (χ1) is 15.6. The third kappa shape index (κ3) is 10.9. The number of allylic oxidation sites excluding steroid dienone is 2. The van der Waals surface area contributed by atoms with E-state index >= 15 is 0 Å². The van der Waals surface area contributed by atoms with Crippen LogP contribution in [0.2, 0.25) is 0 Å². The van der Waals surface area contributed by atoms with Gasteiger partial charge in [0.25, 0.3) is 0 Å². The van der Waals surface area contributed by atoms with Gasteiger partial charge in [-0.05, 0) is 27.7 Å². The maximum absolute atomic E-state index is 12.1. The molecular formula is C25H45N5O2S. The maximum atomic E-state index is 12.1. The fourth-order valence-corrected chi connectivity index (χ4v) is 3.85. The Bertz CT molecular complexity index is 843. The van der Waals surface area contributed by atoms with Crippen molar-refractivity contribution < 1.29 is 9.53 Å². The minimum Gasteiger partial charge on any atom is -0.444 e. The third-order valence-corrected chi connectivity index (χ3v) is 5.04. The summed E-state index contributed by atoms with van der Waals surface area (Å²) >= 11 is 1.62. The van der Waals surface area contributed by atoms with Crippen LogP contribution in [-0.2, 0) is 17.7 Å². The molecule has 0 aliphatic carbocycles. The van der Waals surface area contributed by atoms with Crippen molar-refractivity contribution >= 4 is 22.4 Å². The molecule has 188 valence electrons. The second-order valence-corrected chi connectivity index (χ2v) is 8.94. The summed E-state index contributed by atoms with van der Waals surface area (Å²) in [7, 11) is 0. The fraction of sp³-hybridized carbons (Fsp3) is 0.600. The van der Waals surface area contributed by atoms with Crippen molar-refractivity contribution in [1.82, 2.24) is 19.2 Å². The number of piperazine rings is 1. The van der Waals surface area contributed by atoms with Crippen LogP contribution in [0, 0.1) is 0 Å². The molecule has 8 heteroatoms. The molecule has 2 N–H and O–H groups in total. The standard InChI is InChI=1S/C18H27N5O2S.C3H6.2C2H6/c1-13(19)9-15-12-26-16-20-14(11-23(15)16)10-21-5-7-22(8-6-21)17(24)25-18(2,3)4;1-3-2;2*1-2/h11-12H,1,5-10,19H2,2-4H3;3H,1H2,2H3;2*1-2H3. The number of rotatable bonds is 4. The summed E-state index contributed by atoms with van der Waals surface area (Å²) in [6, 6.07) is 0. The van der Waals surface area contributed by atoms with Crippen LogP contribution >= 0.6 is 11.3 Å². The predicted octanol–water partition coefficient (Wildman–Crippen LogP) is 5.71. The third-order valence-electron chi connectivity index (χ3n) is 4.15. The first-order valence-corrected chi connectivity index (χ1v) is 12.7. The summed E-state index contributed by atoms with van der Waals surface area (Å²) < 4.78 is 7.53. The lowest BCUT2D eigenvalue weighted by Crippen LogP contribution is -2.49. The number of hydrogen-bond acceptors (Lipinski definition) is 6. The van der Waals surface area contributed by atoms with E-state index in [0.29, 0.717) is 25.2 Å². The Morgan fingerprint density at radius 2 is 1.76 bits per heavy atom. The molecule has 1 aliphatic heterocycles. The highest BCUT2D eigenvalue weighted by molar-refractivity contribution is 7.15. The Morgan fingerprint density at radius 1 is 1.21 bits per heavy atom. The quantitative estimate of drug-likeness (QED) is 0.569. The van der Waals surface area contributed by atoms with E-state index in [2.05, 4.69) is 34.0 Å². The fourth-order valence-electron chi connectivity index (χ4n) is 2.96. The number of hydrogen-bond donors (Lipinski definition) is 1. The molecule has 7 nitrogen and oxygen atoms in total. The summed E-state index contributed by atoms with van der Waals surface area (Å²) in [6.45, 7) is 26.5. The molecule has 1 saturated heterocycles. The van der Waals surface area contributed by atoms with Gasteiger partial charge in [0.05, 0.1) is 5.69 Å². The van der Waals surface area contributed by atoms with E-state index in [1.54, 1.807) is 22.3 Å². The smallest absolute Gasteiger partial charge is 0.410 e. The van der Waals surface area contributed by atoms with E-state index in [9.17, 15) is 4.79 Å². The summed E-state index contributed by atoms with van der Waals surface area (Å²) in [5.41, 5.74) is 8.08. The second-order valence-electron chi connectivity index (χ2n) is 8.10. The lowest BCUT2D eigenvalue weighted by molar-refractivity contribution is 0.0138. The van der Waals surface area contributed by atoms with Crippen molar-refractivity contribution in [2.24, 2.45) is 5.73 Å². The van der Waals surface area contributed by atoms with Crippen molar-refractivity contribution in [3.8, 4) is 0 Å². The number of thiazole rings is 1. The van der Waals surface area contributed by atoms with Crippen molar-refractivity contribution in [1.29, 1.82) is 0 Å². The molecule has 0 radical (unpaired) electrons. The van der Waals surface area contributed by atoms with Gasteiger partial charge < -0.3 is 15.4 Å². The zero-order chi connectivity index (χ0) is 25.6. The van der Waals surface area contributed by atoms with Crippen LogP contribution in [0.3, 0.4) is 0 Å². The first kappa shape index (κ1) is 30.7. The van der Waals surface area contributed by atoms with Gasteiger partial charge in [-0.1, -0.05) is 40.3 Å². The summed E-state index contributed by atoms with van der Waals surface area (Å²) in [6.07, 6.45) is 4.25. The lowest BCUT2D eigenvalue weighted by Gasteiger charge is -2.35. The van der Waals surface area contributed by atoms with Crippen LogP contribution in [0.25, 0.3) is 4.96 Å². The molecule has 3 rings (SSSR count). The lowest BCUT2D eigenvalue weighted by atomic mass is 10.2. The summed E-state index contributed by atoms with van der Waals surface area (Å²) in [5.74, 6) is 0. The highest BCUT2D eigenvalue weighted by atomic mass is 32.1. The van der Waals surface area contributed by atoms with Crippen LogP contribution < -0.4 is 5.73 Å². The van der Waals surface area contributed by atoms with Crippen LogP contribution in [0.5, 0.6) is 0 Å². The van der Waals surface area contributed by atoms with Crippen molar-refractivity contribution in [3.63, 3.8) is 0 Å². The first-order valence-electron chi connectivity index (χ1n) is 11.8. The van der Waals surface area contributed by atoms with E-state index in [1.165, 1.54) is 0 Å². The predicted molar refractivity (Wildman–Crippen MR) is 142 cm³/mol. The van der Waals surface area contributed by atoms with Crippen molar-refractivity contribution in [2.75, 3.05) is 26.2 Å². The molecule has 0 saturated carbocycles. The van der Waals surface area contributed by atoms with E-state index in [4.69, 9.17) is 15.5 Å². The summed E-state index contributed by atoms with van der Waals surface area (Å²) in [4.78, 5) is 21.9. The minimum absolute atomic E-state index is 0.230. The van der Waals surface area contributed by atoms with Gasteiger partial charge in [-0.3, -0.25) is 9.30 Å². The molecule has 0 atom stereocenters. The highest BCUT2D eigenvalue weighted by Gasteiger charge is 2.26. The van der Waals surface area contributed by atoms with Crippen LogP contribution in [0.1, 0.15) is 66.8 Å². The Balaban J connectivity index is 0.00000132. The maximum Gasteiger partial charge on any atom is 0.410 e. The molecule has 3 heterocycles. The van der Waals surface area contributed by atoms with Crippen LogP contribution in [0.15, 0.2) is 36.5 Å². The van der Waals surface area contributed by atoms with Gasteiger partial charge in [0.2, 0.25) is 0 Å². The van der Waals surface area contributed by atoms with Gasteiger partial charge >= 0.3 is 6.09 Å². The average molecular weight is 480 g/mol. The summed E-state index contributed by atoms with van der Waals surface area (Å²) in [5, 5.41) is 2.07. The minimum atomic E-state index is -0.455. The van der Waals surface area contributed by atoms with E-state index in [-0.39, 0.29) is 6.09 Å². The van der Waals surface area contributed by atoms with Crippen LogP contribution in [-0.4, -0.2) is 57.1 Å². The number of imidazole rings is 1. The number of carbonyl (C=O) groups is 1. The van der Waals surface area contributed by atoms with E-state index < -0.39 is 5.60 Å². The van der Waals surface area contributed by atoms with E-state index in [0.717, 1.165) is 36.0 Å². The number of aromatic nitrogens is 2. The molecule has 1 fully saturated rings. The molecular weight excluding hydrogens is 434 g/mol. The topological polar surface area (TPSA) is 76.1 Å². The van der Waals surface area contributed by atoms with E-state index in [1.807, 2.05) is 55.4 Å². The van der Waals surface area contributed by atoms with Gasteiger partial charge in [0, 0.05) is 62.1 Å². The van der Waals surface area contributed by atoms with Gasteiger partial charge in [-0.25, -0.2) is 9.78 Å². The average Bonchev–Trinajstić information content (AvgIpc) is 3.32. The zero-order valence-corrected chi connectivity index (χ0v) is 22.8. The van der Waals surface area contributed by atoms with Gasteiger partial charge in [-0.2, -0.15) is 0 Å². The van der Waals surface area contributed by atoms with Gasteiger partial charge in [0.15, 0.2) is 4.96 Å². The number of carbonyl (C=O) groups excluding carboxylic acids is 1. The van der Waals surface area contributed by atoms with Gasteiger partial charge in [0.1, 0.15) is 5.60 Å². The zero-order valence-electron chi connectivity index (χ0n) is 22.0. The molecule has 0 unspecified atom stereocenters. The highest BCUT2D eigenvalue weighted by Crippen LogP contribution is 2.19. The molecule has 2 aromatic heterocycles. The van der Waals surface area contributed by atoms with Crippen molar-refractivity contribution in [3.05, 3.63) is 47.9 Å².